The lowest BCUT2D eigenvalue weighted by Crippen LogP contribution is -2.70. The van der Waals surface area contributed by atoms with Gasteiger partial charge in [0.1, 0.15) is 170 Å². The van der Waals surface area contributed by atoms with Gasteiger partial charge in [0.05, 0.1) is 81.3 Å². The second-order valence-corrected chi connectivity index (χ2v) is 40.0. The van der Waals surface area contributed by atoms with Crippen LogP contribution in [-0.2, 0) is 90.1 Å². The average Bonchev–Trinajstić information content (AvgIpc) is 1.25. The predicted octanol–water partition coefficient (Wildman–Crippen LogP) is -7.25. The maximum Gasteiger partial charge on any atom is 0.336 e. The Morgan fingerprint density at radius 1 is 0.481 bits per heavy atom. The summed E-state index contributed by atoms with van der Waals surface area (Å²) in [5.41, 5.74) is -7.21. The molecule has 12 fully saturated rings. The molecule has 0 aromatic rings. The van der Waals surface area contributed by atoms with Crippen LogP contribution in [0.3, 0.4) is 0 Å². The summed E-state index contributed by atoms with van der Waals surface area (Å²) in [4.78, 5) is 31.6. The molecule has 8 aliphatic heterocycles. The van der Waals surface area contributed by atoms with Crippen molar-refractivity contribution in [3.63, 3.8) is 0 Å². The number of allylic oxidation sites excluding steroid dienone is 3. The zero-order chi connectivity index (χ0) is 94.7. The summed E-state index contributed by atoms with van der Waals surface area (Å²) in [5.74, 6) is -3.65. The number of carbonyl (C=O) groups is 2. The van der Waals surface area contributed by atoms with Gasteiger partial charge in [-0.25, -0.2) is 4.79 Å². The van der Waals surface area contributed by atoms with Crippen LogP contribution in [0.25, 0.3) is 0 Å². The first kappa shape index (κ1) is 103. The van der Waals surface area contributed by atoms with E-state index in [0.29, 0.717) is 32.1 Å². The molecule has 8 saturated heterocycles. The van der Waals surface area contributed by atoms with Crippen LogP contribution >= 0.6 is 0 Å². The van der Waals surface area contributed by atoms with Crippen molar-refractivity contribution in [3.8, 4) is 0 Å². The minimum Gasteiger partial charge on any atom is -0.458 e. The van der Waals surface area contributed by atoms with Crippen LogP contribution in [0.15, 0.2) is 36.0 Å². The first-order valence-corrected chi connectivity index (χ1v) is 44.7. The number of rotatable bonds is 27. The van der Waals surface area contributed by atoms with E-state index in [4.69, 9.17) is 80.5 Å². The van der Waals surface area contributed by atoms with Crippen molar-refractivity contribution in [3.05, 3.63) is 36.0 Å². The molecule has 740 valence electrons. The third-order valence-corrected chi connectivity index (χ3v) is 31.4. The Hall–Kier alpha value is -3.40. The van der Waals surface area contributed by atoms with Crippen molar-refractivity contribution in [1.82, 2.24) is 0 Å². The van der Waals surface area contributed by atoms with E-state index in [-0.39, 0.29) is 43.1 Å². The molecule has 0 bridgehead atoms. The van der Waals surface area contributed by atoms with E-state index >= 15 is 4.79 Å². The van der Waals surface area contributed by atoms with Gasteiger partial charge in [-0.3, -0.25) is 4.79 Å². The first-order valence-electron chi connectivity index (χ1n) is 44.7. The average molecular weight is 1860 g/mol. The Bertz CT molecular complexity index is 3840. The van der Waals surface area contributed by atoms with Crippen molar-refractivity contribution in [2.24, 2.45) is 50.2 Å². The van der Waals surface area contributed by atoms with Crippen molar-refractivity contribution < 1.29 is 213 Å². The first-order chi connectivity index (χ1) is 60.5. The SMILES string of the molecule is C=C[C@](C)(CC/C=C(\CO)C(=O)O[C@H]1C[C@]2(C(=O)O[C@@H]3O[C@H](CO)[C@@H](O)[C@H](O)[C@H]3O[C@@H]3O[C@@H](C)[C@H](O[C@@H]4O[C@@H](CO)[C@H](O)[C@H]4O)[C@@H](O[C@@H]4O[C@H](CO)[C@@H](O)[C@H](O)[C@H]4O)[C@H]3O)[C@H](O)C[C@]3(C)C(=CC[C@@H]4[C@@]5(C)CC[C@H](O[C@@H]6O[C@H](CO[C@H]7O[C@@H](C)[C@@H](O)[C@@H](O)[C@@H]7O[C@@H]7OC[C@@H](O)[C@H](O)[C@H]7O)[C@@H](O)[C@H](O)[C@H]6O)C(C)(C)[C@@H]5CC[C@]43C)[C@@H]2CC1(C)C)O[C@@H]1O[C@H](C)[C@@H](O)[C@H](O)[C@H]1O. The fourth-order valence-electron chi connectivity index (χ4n) is 23.1. The van der Waals surface area contributed by atoms with Crippen molar-refractivity contribution in [2.75, 3.05) is 39.6 Å². The fraction of sp³-hybridized carbons (Fsp3) is 0.907. The van der Waals surface area contributed by atoms with Gasteiger partial charge in [0, 0.05) is 11.8 Å². The van der Waals surface area contributed by atoms with E-state index in [0.717, 1.165) is 5.57 Å². The number of aliphatic hydroxyl groups excluding tert-OH is 24. The van der Waals surface area contributed by atoms with Gasteiger partial charge in [0.2, 0.25) is 6.29 Å². The molecule has 5 aliphatic carbocycles. The van der Waals surface area contributed by atoms with Gasteiger partial charge in [-0.2, -0.15) is 0 Å². The summed E-state index contributed by atoms with van der Waals surface area (Å²) in [6, 6.07) is 0. The lowest BCUT2D eigenvalue weighted by Gasteiger charge is -2.72. The van der Waals surface area contributed by atoms with Gasteiger partial charge in [-0.1, -0.05) is 72.3 Å². The van der Waals surface area contributed by atoms with Crippen LogP contribution < -0.4 is 0 Å². The molecule has 13 aliphatic rings. The predicted molar refractivity (Wildman–Crippen MR) is 429 cm³/mol. The van der Waals surface area contributed by atoms with E-state index < -0.39 is 354 Å². The third kappa shape index (κ3) is 18.9. The normalized spacial score (nSPS) is 51.6. The minimum atomic E-state index is -2.27. The number of hydrogen-bond acceptors (Lipinski definition) is 43. The highest BCUT2D eigenvalue weighted by atomic mass is 16.8. The molecule has 129 heavy (non-hydrogen) atoms. The standard InChI is InChI=1S/C86H138O43/c1-13-82(9,129-76-64(109)55(100)48(93)32(2)115-76)20-14-15-35(26-87)70(111)122-47-25-86(79(112)128-78-69(59(104)52(97)40(28-89)120-78)127-75-65(110)67(125-74-63(108)56(101)51(96)39(27-88)118-74)66(34(4)117-75)124-73-61(106)53(98)41(29-90)119-73)37(23-80(47,5)6)36-16-17-44-83(10)21-19-46(81(7,8)43(83)18-22-84(44,11)85(36,12)24-45(86)92)123-72-62(107)57(102)54(99)42(121-72)31-114-77-68(58(103)49(94)33(3)116-77)126-71-60(105)50(95)38(91)30-113-71/h13,15-16,32-34,37-69,71-78,87-110H,1,14,17-31H2,2-12H3/b35-15+/t32-,33+,34+,37+,38-,39-,40-,41+,42-,43+,44-,45-,46+,47+,48-,49-,50+,51-,52-,53+,54-,55+,56+,57+,58-,59+,60-,61-,62-,63-,64-,65-,66+,67+,68+,69-,71+,72+,73+,74+,75+,76+,77+,78+,82-,83+,84-,85-,86-/m1/s1. The fourth-order valence-corrected chi connectivity index (χ4v) is 23.1. The molecular formula is C86H138O43. The summed E-state index contributed by atoms with van der Waals surface area (Å²) in [6.45, 7) is 19.1. The number of fused-ring (bicyclic) bond motifs is 7. The van der Waals surface area contributed by atoms with Crippen LogP contribution in [-0.4, -0.2) is 431 Å². The Kier molecular flexibility index (Phi) is 31.8. The van der Waals surface area contributed by atoms with Crippen molar-refractivity contribution >= 4 is 11.9 Å². The van der Waals surface area contributed by atoms with Gasteiger partial charge in [-0.05, 0) is 125 Å². The molecule has 43 heteroatoms. The molecule has 43 nitrogen and oxygen atoms in total. The summed E-state index contributed by atoms with van der Waals surface area (Å²) in [7, 11) is 0. The number of hydrogen-bond donors (Lipinski definition) is 24. The van der Waals surface area contributed by atoms with Gasteiger partial charge >= 0.3 is 11.9 Å². The molecule has 0 aromatic carbocycles. The van der Waals surface area contributed by atoms with Crippen molar-refractivity contribution in [2.45, 2.75) is 398 Å². The molecule has 0 unspecified atom stereocenters. The highest BCUT2D eigenvalue weighted by molar-refractivity contribution is 5.89. The molecule has 0 aromatic heterocycles. The van der Waals surface area contributed by atoms with Crippen LogP contribution in [0, 0.1) is 50.2 Å². The number of esters is 2. The molecule has 0 radical (unpaired) electrons. The summed E-state index contributed by atoms with van der Waals surface area (Å²) in [6.07, 6.45) is -63.6. The number of carbonyl (C=O) groups excluding carboxylic acids is 2. The topological polar surface area (TPSA) is 677 Å². The third-order valence-electron chi connectivity index (χ3n) is 31.4. The van der Waals surface area contributed by atoms with Gasteiger partial charge in [-0.15, -0.1) is 6.58 Å². The van der Waals surface area contributed by atoms with Crippen LogP contribution in [0.1, 0.15) is 140 Å². The molecule has 0 amide bonds. The van der Waals surface area contributed by atoms with E-state index in [9.17, 15) is 127 Å². The Morgan fingerprint density at radius 2 is 0.969 bits per heavy atom. The number of ether oxygens (including phenoxy) is 17. The maximum absolute atomic E-state index is 16.7. The van der Waals surface area contributed by atoms with E-state index in [1.54, 1.807) is 20.8 Å². The van der Waals surface area contributed by atoms with Crippen LogP contribution in [0.4, 0.5) is 0 Å². The molecule has 0 spiro atoms. The van der Waals surface area contributed by atoms with E-state index in [1.807, 2.05) is 13.8 Å². The summed E-state index contributed by atoms with van der Waals surface area (Å²) >= 11 is 0. The smallest absolute Gasteiger partial charge is 0.336 e. The lowest BCUT2D eigenvalue weighted by atomic mass is 9.33. The number of aliphatic hydroxyl groups is 24. The zero-order valence-corrected chi connectivity index (χ0v) is 74.1. The summed E-state index contributed by atoms with van der Waals surface area (Å²) in [5, 5.41) is 267. The lowest BCUT2D eigenvalue weighted by molar-refractivity contribution is -0.390. The Morgan fingerprint density at radius 3 is 1.58 bits per heavy atom. The molecule has 24 N–H and O–H groups in total. The van der Waals surface area contributed by atoms with Crippen LogP contribution in [0.2, 0.25) is 0 Å². The molecule has 4 saturated carbocycles. The Balaban J connectivity index is 0.789. The van der Waals surface area contributed by atoms with Gasteiger partial charge in [0.15, 0.2) is 50.1 Å². The highest BCUT2D eigenvalue weighted by Gasteiger charge is 2.74. The van der Waals surface area contributed by atoms with Gasteiger partial charge < -0.3 is 203 Å². The van der Waals surface area contributed by atoms with Crippen molar-refractivity contribution in [1.29, 1.82) is 0 Å². The quantitative estimate of drug-likeness (QED) is 0.0157. The minimum absolute atomic E-state index is 0.0147. The second kappa shape index (κ2) is 39.8. The summed E-state index contributed by atoms with van der Waals surface area (Å²) < 4.78 is 103. The molecular weight excluding hydrogens is 1720 g/mol. The monoisotopic (exact) mass is 1860 g/mol. The van der Waals surface area contributed by atoms with Gasteiger partial charge in [0.25, 0.3) is 0 Å². The van der Waals surface area contributed by atoms with E-state index in [2.05, 4.69) is 33.4 Å². The molecule has 8 heterocycles. The zero-order valence-electron chi connectivity index (χ0n) is 74.1. The largest absolute Gasteiger partial charge is 0.458 e. The Labute approximate surface area is 745 Å². The highest BCUT2D eigenvalue weighted by Crippen LogP contribution is 2.76. The molecule has 13 rings (SSSR count). The van der Waals surface area contributed by atoms with Crippen LogP contribution in [0.5, 0.6) is 0 Å². The maximum atomic E-state index is 16.7. The second-order valence-electron chi connectivity index (χ2n) is 40.0. The molecule has 49 atom stereocenters. The van der Waals surface area contributed by atoms with E-state index in [1.165, 1.54) is 32.9 Å².